The number of H-pyrrole nitrogens is 1. The van der Waals surface area contributed by atoms with E-state index in [1.54, 1.807) is 31.6 Å². The molecule has 0 radical (unpaired) electrons. The van der Waals surface area contributed by atoms with E-state index in [1.165, 1.54) is 16.6 Å². The molecule has 0 bridgehead atoms. The SMILES string of the molecule is COc1ccc2[nH]c3c(c2c1)CC(NC(=O)c1cccnc1)C3. The lowest BCUT2D eigenvalue weighted by Gasteiger charge is -2.12. The number of pyridine rings is 1. The minimum Gasteiger partial charge on any atom is -0.497 e. The Labute approximate surface area is 133 Å². The molecule has 1 aliphatic rings. The van der Waals surface area contributed by atoms with Crippen LogP contribution < -0.4 is 10.1 Å². The van der Waals surface area contributed by atoms with Crippen LogP contribution >= 0.6 is 0 Å². The maximum absolute atomic E-state index is 12.3. The molecule has 4 rings (SSSR count). The third kappa shape index (κ3) is 2.44. The molecule has 3 aromatic rings. The van der Waals surface area contributed by atoms with Crippen molar-refractivity contribution >= 4 is 16.8 Å². The summed E-state index contributed by atoms with van der Waals surface area (Å²) in [6.45, 7) is 0. The van der Waals surface area contributed by atoms with Crippen molar-refractivity contribution in [2.45, 2.75) is 18.9 Å². The minimum absolute atomic E-state index is 0.0739. The normalized spacial score (nSPS) is 16.3. The summed E-state index contributed by atoms with van der Waals surface area (Å²) in [4.78, 5) is 19.7. The van der Waals surface area contributed by atoms with Crippen LogP contribution in [0, 0.1) is 0 Å². The van der Waals surface area contributed by atoms with E-state index in [0.717, 1.165) is 24.1 Å². The van der Waals surface area contributed by atoms with Crippen molar-refractivity contribution in [1.82, 2.24) is 15.3 Å². The molecule has 5 heteroatoms. The number of rotatable bonds is 3. The number of amides is 1. The molecule has 1 aromatic carbocycles. The molecule has 0 saturated heterocycles. The van der Waals surface area contributed by atoms with Gasteiger partial charge in [-0.25, -0.2) is 0 Å². The molecule has 2 heterocycles. The Kier molecular flexibility index (Phi) is 3.26. The van der Waals surface area contributed by atoms with Gasteiger partial charge in [-0.2, -0.15) is 0 Å². The van der Waals surface area contributed by atoms with Gasteiger partial charge in [-0.1, -0.05) is 0 Å². The number of hydrogen-bond acceptors (Lipinski definition) is 3. The Bertz CT molecular complexity index is 871. The lowest BCUT2D eigenvalue weighted by atomic mass is 10.1. The fourth-order valence-electron chi connectivity index (χ4n) is 3.25. The monoisotopic (exact) mass is 307 g/mol. The van der Waals surface area contributed by atoms with Crippen molar-refractivity contribution in [1.29, 1.82) is 0 Å². The Balaban J connectivity index is 1.55. The third-order valence-corrected chi connectivity index (χ3v) is 4.36. The number of nitrogens with one attached hydrogen (secondary N) is 2. The van der Waals surface area contributed by atoms with Crippen LogP contribution in [0.5, 0.6) is 5.75 Å². The van der Waals surface area contributed by atoms with E-state index in [4.69, 9.17) is 4.74 Å². The molecule has 0 fully saturated rings. The van der Waals surface area contributed by atoms with Crippen LogP contribution in [0.4, 0.5) is 0 Å². The summed E-state index contributed by atoms with van der Waals surface area (Å²) in [5.74, 6) is 0.775. The number of aromatic amines is 1. The van der Waals surface area contributed by atoms with Gasteiger partial charge in [-0.15, -0.1) is 0 Å². The Hall–Kier alpha value is -2.82. The minimum atomic E-state index is -0.0739. The van der Waals surface area contributed by atoms with Crippen molar-refractivity contribution in [2.24, 2.45) is 0 Å². The van der Waals surface area contributed by atoms with E-state index >= 15 is 0 Å². The molecule has 1 unspecified atom stereocenters. The van der Waals surface area contributed by atoms with Crippen LogP contribution in [0.15, 0.2) is 42.7 Å². The van der Waals surface area contributed by atoms with Gasteiger partial charge in [0.1, 0.15) is 5.75 Å². The molecule has 1 atom stereocenters. The van der Waals surface area contributed by atoms with Crippen LogP contribution in [0.1, 0.15) is 21.6 Å². The zero-order valence-corrected chi connectivity index (χ0v) is 12.8. The number of carbonyl (C=O) groups excluding carboxylic acids is 1. The summed E-state index contributed by atoms with van der Waals surface area (Å²) in [5.41, 5.74) is 4.18. The van der Waals surface area contributed by atoms with Crippen molar-refractivity contribution in [3.05, 3.63) is 59.5 Å². The predicted molar refractivity (Wildman–Crippen MR) is 87.7 cm³/mol. The second-order valence-corrected chi connectivity index (χ2v) is 5.81. The number of hydrogen-bond donors (Lipinski definition) is 2. The Morgan fingerprint density at radius 1 is 1.35 bits per heavy atom. The summed E-state index contributed by atoms with van der Waals surface area (Å²) in [7, 11) is 1.67. The molecule has 116 valence electrons. The summed E-state index contributed by atoms with van der Waals surface area (Å²) in [6.07, 6.45) is 4.90. The summed E-state index contributed by atoms with van der Waals surface area (Å²) in [6, 6.07) is 9.70. The summed E-state index contributed by atoms with van der Waals surface area (Å²) < 4.78 is 5.31. The van der Waals surface area contributed by atoms with Crippen LogP contribution in [-0.2, 0) is 12.8 Å². The summed E-state index contributed by atoms with van der Waals surface area (Å²) in [5, 5.41) is 4.27. The predicted octanol–water partition coefficient (Wildman–Crippen LogP) is 2.47. The number of carbonyl (C=O) groups is 1. The molecule has 2 aromatic heterocycles. The zero-order chi connectivity index (χ0) is 15.8. The Morgan fingerprint density at radius 2 is 2.26 bits per heavy atom. The molecule has 1 aliphatic carbocycles. The molecule has 5 nitrogen and oxygen atoms in total. The highest BCUT2D eigenvalue weighted by atomic mass is 16.5. The first-order valence-corrected chi connectivity index (χ1v) is 7.63. The van der Waals surface area contributed by atoms with E-state index in [9.17, 15) is 4.79 Å². The molecule has 0 saturated carbocycles. The number of ether oxygens (including phenoxy) is 1. The van der Waals surface area contributed by atoms with Crippen molar-refractivity contribution in [3.8, 4) is 5.75 Å². The highest BCUT2D eigenvalue weighted by molar-refractivity contribution is 5.94. The average Bonchev–Trinajstić information content (AvgIpc) is 3.12. The second-order valence-electron chi connectivity index (χ2n) is 5.81. The highest BCUT2D eigenvalue weighted by Gasteiger charge is 2.27. The number of methoxy groups -OCH3 is 1. The number of nitrogens with zero attached hydrogens (tertiary/aromatic N) is 1. The number of benzene rings is 1. The maximum atomic E-state index is 12.3. The fraction of sp³-hybridized carbons (Fsp3) is 0.222. The van der Waals surface area contributed by atoms with Gasteiger partial charge in [0.25, 0.3) is 5.91 Å². The van der Waals surface area contributed by atoms with Crippen molar-refractivity contribution in [3.63, 3.8) is 0 Å². The van der Waals surface area contributed by atoms with Gasteiger partial charge in [0.05, 0.1) is 12.7 Å². The number of aromatic nitrogens is 2. The van der Waals surface area contributed by atoms with Gasteiger partial charge in [0.2, 0.25) is 0 Å². The van der Waals surface area contributed by atoms with Crippen LogP contribution in [0.3, 0.4) is 0 Å². The second kappa shape index (κ2) is 5.43. The molecule has 0 aliphatic heterocycles. The summed E-state index contributed by atoms with van der Waals surface area (Å²) >= 11 is 0. The first-order chi connectivity index (χ1) is 11.2. The maximum Gasteiger partial charge on any atom is 0.253 e. The van der Waals surface area contributed by atoms with Gasteiger partial charge < -0.3 is 15.0 Å². The topological polar surface area (TPSA) is 67.0 Å². The van der Waals surface area contributed by atoms with Crippen LogP contribution in [0.25, 0.3) is 10.9 Å². The van der Waals surface area contributed by atoms with Gasteiger partial charge in [0.15, 0.2) is 0 Å². The highest BCUT2D eigenvalue weighted by Crippen LogP contribution is 2.32. The van der Waals surface area contributed by atoms with E-state index < -0.39 is 0 Å². The van der Waals surface area contributed by atoms with E-state index in [0.29, 0.717) is 5.56 Å². The third-order valence-electron chi connectivity index (χ3n) is 4.36. The molecule has 23 heavy (non-hydrogen) atoms. The smallest absolute Gasteiger partial charge is 0.253 e. The van der Waals surface area contributed by atoms with Crippen molar-refractivity contribution < 1.29 is 9.53 Å². The van der Waals surface area contributed by atoms with Crippen molar-refractivity contribution in [2.75, 3.05) is 7.11 Å². The van der Waals surface area contributed by atoms with E-state index in [2.05, 4.69) is 21.4 Å². The van der Waals surface area contributed by atoms with Crippen LogP contribution in [-0.4, -0.2) is 29.0 Å². The molecule has 1 amide bonds. The fourth-order valence-corrected chi connectivity index (χ4v) is 3.25. The largest absolute Gasteiger partial charge is 0.497 e. The van der Waals surface area contributed by atoms with Gasteiger partial charge in [0, 0.05) is 41.5 Å². The first-order valence-electron chi connectivity index (χ1n) is 7.63. The Morgan fingerprint density at radius 3 is 3.04 bits per heavy atom. The van der Waals surface area contributed by atoms with Gasteiger partial charge >= 0.3 is 0 Å². The van der Waals surface area contributed by atoms with Gasteiger partial charge in [-0.05, 0) is 42.3 Å². The average molecular weight is 307 g/mol. The van der Waals surface area contributed by atoms with E-state index in [-0.39, 0.29) is 11.9 Å². The van der Waals surface area contributed by atoms with Gasteiger partial charge in [-0.3, -0.25) is 9.78 Å². The number of fused-ring (bicyclic) bond motifs is 3. The van der Waals surface area contributed by atoms with E-state index in [1.807, 2.05) is 12.1 Å². The molecular weight excluding hydrogens is 290 g/mol. The van der Waals surface area contributed by atoms with Crippen LogP contribution in [0.2, 0.25) is 0 Å². The lowest BCUT2D eigenvalue weighted by molar-refractivity contribution is 0.0938. The zero-order valence-electron chi connectivity index (χ0n) is 12.8. The quantitative estimate of drug-likeness (QED) is 0.781. The molecule has 0 spiro atoms. The first kappa shape index (κ1) is 13.8. The lowest BCUT2D eigenvalue weighted by Crippen LogP contribution is -2.35. The standard InChI is InChI=1S/C18H17N3O2/c1-23-13-4-5-16-15(9-13)14-7-12(8-17(14)21-16)20-18(22)11-3-2-6-19-10-11/h2-6,9-10,12,21H,7-8H2,1H3,(H,20,22). The molecular formula is C18H17N3O2. The molecule has 2 N–H and O–H groups in total.